The first-order valence-corrected chi connectivity index (χ1v) is 33.7. The molecule has 0 fully saturated rings. The van der Waals surface area contributed by atoms with E-state index in [1.165, 1.54) is 128 Å². The maximum atomic E-state index is 12.9. The van der Waals surface area contributed by atoms with Gasteiger partial charge < -0.3 is 14.2 Å². The smallest absolute Gasteiger partial charge is 0.306 e. The molecule has 0 aromatic carbocycles. The molecule has 81 heavy (non-hydrogen) atoms. The topological polar surface area (TPSA) is 78.9 Å². The van der Waals surface area contributed by atoms with Gasteiger partial charge in [-0.15, -0.1) is 0 Å². The normalized spacial score (nSPS) is 13.0. The van der Waals surface area contributed by atoms with Gasteiger partial charge in [-0.25, -0.2) is 0 Å². The van der Waals surface area contributed by atoms with Crippen molar-refractivity contribution in [3.63, 3.8) is 0 Å². The molecule has 0 spiro atoms. The van der Waals surface area contributed by atoms with E-state index in [9.17, 15) is 14.4 Å². The van der Waals surface area contributed by atoms with Crippen molar-refractivity contribution in [3.8, 4) is 0 Å². The van der Waals surface area contributed by atoms with E-state index in [2.05, 4.69) is 154 Å². The second-order valence-electron chi connectivity index (χ2n) is 22.0. The van der Waals surface area contributed by atoms with Crippen molar-refractivity contribution in [3.05, 3.63) is 134 Å². The zero-order chi connectivity index (χ0) is 58.5. The van der Waals surface area contributed by atoms with Crippen LogP contribution in [0.2, 0.25) is 0 Å². The Balaban J connectivity index is 4.21. The molecule has 0 saturated carbocycles. The molecule has 0 aliphatic rings. The lowest BCUT2D eigenvalue weighted by molar-refractivity contribution is -0.167. The SMILES string of the molecule is CC/C=C\C/C=C\C/C=C\C/C=C\C/C=C\C/C=C\CCCCCCCCCCCCCCC(=O)OCC(COC(=O)CCCCCCCCCCC)OC(=O)CCCCCCCCC/C=C\C/C=C\C/C=C\C/C=C\C/C=C\CC. The summed E-state index contributed by atoms with van der Waals surface area (Å²) in [5.74, 6) is -0.894. The first kappa shape index (κ1) is 76.5. The lowest BCUT2D eigenvalue weighted by atomic mass is 10.0. The third-order valence-electron chi connectivity index (χ3n) is 14.2. The molecular weight excluding hydrogens is 997 g/mol. The second kappa shape index (κ2) is 68.1. The molecule has 0 rings (SSSR count). The van der Waals surface area contributed by atoms with Crippen LogP contribution in [0.25, 0.3) is 0 Å². The van der Waals surface area contributed by atoms with E-state index in [-0.39, 0.29) is 31.1 Å². The summed E-state index contributed by atoms with van der Waals surface area (Å²) >= 11 is 0. The number of unbranched alkanes of at least 4 members (excludes halogenated alkanes) is 27. The summed E-state index contributed by atoms with van der Waals surface area (Å²) in [5, 5.41) is 0. The highest BCUT2D eigenvalue weighted by Crippen LogP contribution is 2.16. The van der Waals surface area contributed by atoms with Crippen LogP contribution in [0, 0.1) is 0 Å². The fraction of sp³-hybridized carbons (Fsp3) is 0.667. The third-order valence-corrected chi connectivity index (χ3v) is 14.2. The molecule has 0 amide bonds. The first-order valence-electron chi connectivity index (χ1n) is 33.7. The molecule has 0 aliphatic carbocycles. The molecule has 0 bridgehead atoms. The largest absolute Gasteiger partial charge is 0.462 e. The standard InChI is InChI=1S/C75H124O6/c1-4-7-10-13-16-19-21-23-25-27-29-31-33-34-35-36-37-38-39-40-42-43-45-47-49-51-53-56-59-62-65-68-74(77)80-71-72(70-79-73(76)67-64-61-58-55-18-15-12-9-6-3)81-75(78)69-66-63-60-57-54-52-50-48-46-44-41-32-30-28-26-24-22-20-17-14-11-8-5-2/h7-8,10-11,16-17,19-20,23-26,29-32,34-35,37-38,44,46,72H,4-6,9,12-15,18,21-22,27-28,33,36,39-43,45,47-71H2,1-3H3/b10-7-,11-8-,19-16-,20-17-,25-23-,26-24-,31-29-,32-30-,35-34-,38-37-,46-44-. The second-order valence-corrected chi connectivity index (χ2v) is 22.0. The first-order chi connectivity index (χ1) is 40.0. The number of ether oxygens (including phenoxy) is 3. The maximum absolute atomic E-state index is 12.9. The zero-order valence-electron chi connectivity index (χ0n) is 52.8. The highest BCUT2D eigenvalue weighted by Gasteiger charge is 2.19. The van der Waals surface area contributed by atoms with E-state index >= 15 is 0 Å². The molecule has 0 aromatic heterocycles. The van der Waals surface area contributed by atoms with Gasteiger partial charge in [-0.2, -0.15) is 0 Å². The van der Waals surface area contributed by atoms with E-state index in [0.29, 0.717) is 19.3 Å². The van der Waals surface area contributed by atoms with Gasteiger partial charge in [-0.05, 0) is 116 Å². The summed E-state index contributed by atoms with van der Waals surface area (Å²) in [6, 6.07) is 0. The summed E-state index contributed by atoms with van der Waals surface area (Å²) in [7, 11) is 0. The molecule has 0 aliphatic heterocycles. The fourth-order valence-corrected chi connectivity index (χ4v) is 9.18. The molecule has 0 heterocycles. The summed E-state index contributed by atoms with van der Waals surface area (Å²) in [6.45, 7) is 6.40. The lowest BCUT2D eigenvalue weighted by Gasteiger charge is -2.18. The third kappa shape index (κ3) is 66.2. The average Bonchev–Trinajstić information content (AvgIpc) is 3.47. The quantitative estimate of drug-likeness (QED) is 0.0261. The van der Waals surface area contributed by atoms with Gasteiger partial charge in [-0.3, -0.25) is 14.4 Å². The fourth-order valence-electron chi connectivity index (χ4n) is 9.18. The van der Waals surface area contributed by atoms with E-state index in [0.717, 1.165) is 135 Å². The Morgan fingerprint density at radius 1 is 0.259 bits per heavy atom. The van der Waals surface area contributed by atoms with Gasteiger partial charge in [-0.1, -0.05) is 302 Å². The summed E-state index contributed by atoms with van der Waals surface area (Å²) in [5.41, 5.74) is 0. The van der Waals surface area contributed by atoms with Crippen molar-refractivity contribution in [2.45, 2.75) is 309 Å². The molecule has 1 unspecified atom stereocenters. The monoisotopic (exact) mass is 1120 g/mol. The van der Waals surface area contributed by atoms with E-state index in [1.807, 2.05) is 0 Å². The van der Waals surface area contributed by atoms with Crippen molar-refractivity contribution >= 4 is 17.9 Å². The molecule has 0 N–H and O–H groups in total. The highest BCUT2D eigenvalue weighted by atomic mass is 16.6. The number of hydrogen-bond donors (Lipinski definition) is 0. The van der Waals surface area contributed by atoms with Crippen molar-refractivity contribution in [2.24, 2.45) is 0 Å². The van der Waals surface area contributed by atoms with Gasteiger partial charge in [0.2, 0.25) is 0 Å². The van der Waals surface area contributed by atoms with Crippen LogP contribution < -0.4 is 0 Å². The van der Waals surface area contributed by atoms with E-state index in [4.69, 9.17) is 14.2 Å². The maximum Gasteiger partial charge on any atom is 0.306 e. The Morgan fingerprint density at radius 3 is 0.753 bits per heavy atom. The molecule has 0 saturated heterocycles. The predicted octanol–water partition coefficient (Wildman–Crippen LogP) is 23.3. The minimum absolute atomic E-state index is 0.0834. The van der Waals surface area contributed by atoms with Crippen LogP contribution in [0.1, 0.15) is 303 Å². The van der Waals surface area contributed by atoms with Crippen LogP contribution in [-0.4, -0.2) is 37.2 Å². The lowest BCUT2D eigenvalue weighted by Crippen LogP contribution is -2.30. The predicted molar refractivity (Wildman–Crippen MR) is 353 cm³/mol. The Bertz CT molecular complexity index is 1720. The van der Waals surface area contributed by atoms with Gasteiger partial charge >= 0.3 is 17.9 Å². The van der Waals surface area contributed by atoms with Crippen molar-refractivity contribution in [1.29, 1.82) is 0 Å². The number of allylic oxidation sites excluding steroid dienone is 22. The number of carbonyl (C=O) groups is 3. The van der Waals surface area contributed by atoms with Crippen molar-refractivity contribution in [1.82, 2.24) is 0 Å². The summed E-state index contributed by atoms with van der Waals surface area (Å²) in [4.78, 5) is 38.3. The molecule has 0 radical (unpaired) electrons. The molecule has 1 atom stereocenters. The average molecular weight is 1120 g/mol. The molecule has 0 aromatic rings. The zero-order valence-corrected chi connectivity index (χ0v) is 52.8. The van der Waals surface area contributed by atoms with Crippen molar-refractivity contribution in [2.75, 3.05) is 13.2 Å². The van der Waals surface area contributed by atoms with E-state index < -0.39 is 6.10 Å². The van der Waals surface area contributed by atoms with Crippen LogP contribution in [0.15, 0.2) is 134 Å². The van der Waals surface area contributed by atoms with Crippen LogP contribution in [0.3, 0.4) is 0 Å². The van der Waals surface area contributed by atoms with Gasteiger partial charge in [0.05, 0.1) is 0 Å². The van der Waals surface area contributed by atoms with Crippen molar-refractivity contribution < 1.29 is 28.6 Å². The van der Waals surface area contributed by atoms with Crippen LogP contribution >= 0.6 is 0 Å². The Labute approximate surface area is 500 Å². The highest BCUT2D eigenvalue weighted by molar-refractivity contribution is 5.71. The van der Waals surface area contributed by atoms with Gasteiger partial charge in [0.1, 0.15) is 13.2 Å². The van der Waals surface area contributed by atoms with Crippen LogP contribution in [0.4, 0.5) is 0 Å². The Morgan fingerprint density at radius 2 is 0.481 bits per heavy atom. The minimum Gasteiger partial charge on any atom is -0.462 e. The number of hydrogen-bond acceptors (Lipinski definition) is 6. The Kier molecular flexibility index (Phi) is 64.3. The summed E-state index contributed by atoms with van der Waals surface area (Å²) in [6.07, 6.45) is 96.2. The number of esters is 3. The van der Waals surface area contributed by atoms with Crippen LogP contribution in [0.5, 0.6) is 0 Å². The Hall–Kier alpha value is -4.45. The molecule has 6 heteroatoms. The molecular formula is C75H124O6. The van der Waals surface area contributed by atoms with Gasteiger partial charge in [0.15, 0.2) is 6.10 Å². The minimum atomic E-state index is -0.787. The number of rotatable bonds is 60. The van der Waals surface area contributed by atoms with Crippen LogP contribution in [-0.2, 0) is 28.6 Å². The molecule has 460 valence electrons. The molecule has 6 nitrogen and oxygen atoms in total. The number of carbonyl (C=O) groups excluding carboxylic acids is 3. The van der Waals surface area contributed by atoms with Gasteiger partial charge in [0.25, 0.3) is 0 Å². The summed E-state index contributed by atoms with van der Waals surface area (Å²) < 4.78 is 16.9. The van der Waals surface area contributed by atoms with E-state index in [1.54, 1.807) is 0 Å². The van der Waals surface area contributed by atoms with Gasteiger partial charge in [0, 0.05) is 19.3 Å².